The molecular formula is C18H29NO3. The summed E-state index contributed by atoms with van der Waals surface area (Å²) in [6.07, 6.45) is 4.36. The molecule has 0 aliphatic heterocycles. The Morgan fingerprint density at radius 3 is 2.68 bits per heavy atom. The highest BCUT2D eigenvalue weighted by atomic mass is 16.5. The van der Waals surface area contributed by atoms with Gasteiger partial charge in [-0.3, -0.25) is 0 Å². The highest BCUT2D eigenvalue weighted by Crippen LogP contribution is 2.29. The molecule has 1 aliphatic rings. The van der Waals surface area contributed by atoms with Gasteiger partial charge in [-0.2, -0.15) is 0 Å². The fraction of sp³-hybridized carbons (Fsp3) is 0.667. The maximum atomic E-state index is 10.1. The van der Waals surface area contributed by atoms with Crippen molar-refractivity contribution in [1.29, 1.82) is 0 Å². The molecule has 22 heavy (non-hydrogen) atoms. The van der Waals surface area contributed by atoms with E-state index < -0.39 is 0 Å². The molecule has 2 rings (SSSR count). The lowest BCUT2D eigenvalue weighted by Gasteiger charge is -2.31. The largest absolute Gasteiger partial charge is 0.493 e. The molecule has 0 radical (unpaired) electrons. The smallest absolute Gasteiger partial charge is 0.161 e. The second-order valence-electron chi connectivity index (χ2n) is 6.23. The topological polar surface area (TPSA) is 41.9 Å². The van der Waals surface area contributed by atoms with Gasteiger partial charge in [0.1, 0.15) is 0 Å². The number of hydrogen-bond acceptors (Lipinski definition) is 4. The van der Waals surface area contributed by atoms with E-state index in [0.29, 0.717) is 12.5 Å². The zero-order valence-electron chi connectivity index (χ0n) is 14.0. The van der Waals surface area contributed by atoms with Crippen LogP contribution in [-0.4, -0.2) is 43.4 Å². The van der Waals surface area contributed by atoms with Gasteiger partial charge in [0.25, 0.3) is 0 Å². The molecule has 0 heterocycles. The van der Waals surface area contributed by atoms with Crippen molar-refractivity contribution >= 4 is 0 Å². The van der Waals surface area contributed by atoms with Crippen LogP contribution in [0.5, 0.6) is 11.5 Å². The van der Waals surface area contributed by atoms with Crippen LogP contribution in [0.25, 0.3) is 0 Å². The summed E-state index contributed by atoms with van der Waals surface area (Å²) in [6, 6.07) is 6.10. The van der Waals surface area contributed by atoms with Crippen LogP contribution in [0.15, 0.2) is 18.2 Å². The highest BCUT2D eigenvalue weighted by Gasteiger charge is 2.24. The Labute approximate surface area is 134 Å². The van der Waals surface area contributed by atoms with Gasteiger partial charge in [0.15, 0.2) is 11.5 Å². The summed E-state index contributed by atoms with van der Waals surface area (Å²) in [5.41, 5.74) is 1.20. The first-order valence-corrected chi connectivity index (χ1v) is 8.30. The minimum atomic E-state index is -0.133. The van der Waals surface area contributed by atoms with Crippen molar-refractivity contribution in [2.75, 3.05) is 27.3 Å². The van der Waals surface area contributed by atoms with E-state index in [9.17, 15) is 5.11 Å². The standard InChI is InChI=1S/C18H29NO3/c1-4-22-17-10-9-14(11-18(17)21-3)12-19(2)13-15-7-5-6-8-16(15)20/h9-11,15-16,20H,4-8,12-13H2,1-3H3. The number of benzene rings is 1. The zero-order valence-corrected chi connectivity index (χ0v) is 14.0. The molecule has 4 nitrogen and oxygen atoms in total. The normalized spacial score (nSPS) is 21.9. The molecular weight excluding hydrogens is 278 g/mol. The van der Waals surface area contributed by atoms with Crippen molar-refractivity contribution in [1.82, 2.24) is 4.90 Å². The maximum Gasteiger partial charge on any atom is 0.161 e. The zero-order chi connectivity index (χ0) is 15.9. The third-order valence-electron chi connectivity index (χ3n) is 4.40. The number of methoxy groups -OCH3 is 1. The predicted molar refractivity (Wildman–Crippen MR) is 88.5 cm³/mol. The van der Waals surface area contributed by atoms with E-state index in [4.69, 9.17) is 9.47 Å². The summed E-state index contributed by atoms with van der Waals surface area (Å²) in [5, 5.41) is 10.1. The second kappa shape index (κ2) is 8.39. The second-order valence-corrected chi connectivity index (χ2v) is 6.23. The van der Waals surface area contributed by atoms with Gasteiger partial charge >= 0.3 is 0 Å². The van der Waals surface area contributed by atoms with Crippen LogP contribution in [0.4, 0.5) is 0 Å². The third-order valence-corrected chi connectivity index (χ3v) is 4.40. The Hall–Kier alpha value is -1.26. The van der Waals surface area contributed by atoms with Gasteiger partial charge in [0.05, 0.1) is 19.8 Å². The van der Waals surface area contributed by atoms with Crippen LogP contribution < -0.4 is 9.47 Å². The van der Waals surface area contributed by atoms with Crippen LogP contribution >= 0.6 is 0 Å². The van der Waals surface area contributed by atoms with Gasteiger partial charge in [0.2, 0.25) is 0 Å². The van der Waals surface area contributed by atoms with E-state index in [0.717, 1.165) is 43.9 Å². The lowest BCUT2D eigenvalue weighted by molar-refractivity contribution is 0.0501. The molecule has 0 aromatic heterocycles. The Morgan fingerprint density at radius 1 is 1.23 bits per heavy atom. The van der Waals surface area contributed by atoms with Crippen LogP contribution in [0.1, 0.15) is 38.2 Å². The van der Waals surface area contributed by atoms with Crippen molar-refractivity contribution in [3.05, 3.63) is 23.8 Å². The van der Waals surface area contributed by atoms with Crippen LogP contribution in [-0.2, 0) is 6.54 Å². The summed E-state index contributed by atoms with van der Waals surface area (Å²) in [7, 11) is 3.79. The molecule has 4 heteroatoms. The Morgan fingerprint density at radius 2 is 2.00 bits per heavy atom. The molecule has 1 aromatic carbocycles. The molecule has 1 aromatic rings. The minimum Gasteiger partial charge on any atom is -0.493 e. The fourth-order valence-corrected chi connectivity index (χ4v) is 3.26. The van der Waals surface area contributed by atoms with Crippen LogP contribution in [0.2, 0.25) is 0 Å². The molecule has 1 saturated carbocycles. The molecule has 2 atom stereocenters. The fourth-order valence-electron chi connectivity index (χ4n) is 3.26. The van der Waals surface area contributed by atoms with Gasteiger partial charge in [-0.15, -0.1) is 0 Å². The number of nitrogens with zero attached hydrogens (tertiary/aromatic N) is 1. The van der Waals surface area contributed by atoms with Gasteiger partial charge in [-0.05, 0) is 50.4 Å². The summed E-state index contributed by atoms with van der Waals surface area (Å²) in [6.45, 7) is 4.40. The first-order chi connectivity index (χ1) is 10.6. The number of rotatable bonds is 7. The first-order valence-electron chi connectivity index (χ1n) is 8.30. The first kappa shape index (κ1) is 17.1. The number of ether oxygens (including phenoxy) is 2. The Kier molecular flexibility index (Phi) is 6.52. The number of aliphatic hydroxyl groups excluding tert-OH is 1. The van der Waals surface area contributed by atoms with E-state index in [1.54, 1.807) is 7.11 Å². The molecule has 1 aliphatic carbocycles. The SMILES string of the molecule is CCOc1ccc(CN(C)CC2CCCCC2O)cc1OC. The van der Waals surface area contributed by atoms with Crippen molar-refractivity contribution < 1.29 is 14.6 Å². The molecule has 0 spiro atoms. The molecule has 2 unspecified atom stereocenters. The van der Waals surface area contributed by atoms with Crippen molar-refractivity contribution in [3.63, 3.8) is 0 Å². The molecule has 0 bridgehead atoms. The maximum absolute atomic E-state index is 10.1. The van der Waals surface area contributed by atoms with Crippen molar-refractivity contribution in [3.8, 4) is 11.5 Å². The Bertz CT molecular complexity index is 464. The quantitative estimate of drug-likeness (QED) is 0.840. The average molecular weight is 307 g/mol. The minimum absolute atomic E-state index is 0.133. The van der Waals surface area contributed by atoms with E-state index >= 15 is 0 Å². The molecule has 124 valence electrons. The van der Waals surface area contributed by atoms with Crippen molar-refractivity contribution in [2.24, 2.45) is 5.92 Å². The van der Waals surface area contributed by atoms with Gasteiger partial charge in [-0.25, -0.2) is 0 Å². The molecule has 0 saturated heterocycles. The monoisotopic (exact) mass is 307 g/mol. The highest BCUT2D eigenvalue weighted by molar-refractivity contribution is 5.42. The lowest BCUT2D eigenvalue weighted by Crippen LogP contribution is -2.34. The molecule has 1 N–H and O–H groups in total. The summed E-state index contributed by atoms with van der Waals surface area (Å²) < 4.78 is 11.0. The van der Waals surface area contributed by atoms with Crippen LogP contribution in [0, 0.1) is 5.92 Å². The van der Waals surface area contributed by atoms with E-state index in [1.165, 1.54) is 12.0 Å². The Balaban J connectivity index is 1.94. The van der Waals surface area contributed by atoms with Gasteiger partial charge in [0, 0.05) is 13.1 Å². The van der Waals surface area contributed by atoms with Gasteiger partial charge in [-0.1, -0.05) is 18.9 Å². The number of hydrogen-bond donors (Lipinski definition) is 1. The number of aliphatic hydroxyl groups is 1. The average Bonchev–Trinajstić information content (AvgIpc) is 2.51. The lowest BCUT2D eigenvalue weighted by atomic mass is 9.86. The molecule has 0 amide bonds. The molecule has 1 fully saturated rings. The predicted octanol–water partition coefficient (Wildman–Crippen LogP) is 3.08. The van der Waals surface area contributed by atoms with E-state index in [-0.39, 0.29) is 6.10 Å². The summed E-state index contributed by atoms with van der Waals surface area (Å²) in [4.78, 5) is 2.29. The van der Waals surface area contributed by atoms with E-state index in [1.807, 2.05) is 19.1 Å². The summed E-state index contributed by atoms with van der Waals surface area (Å²) >= 11 is 0. The van der Waals surface area contributed by atoms with E-state index in [2.05, 4.69) is 18.0 Å². The summed E-state index contributed by atoms with van der Waals surface area (Å²) in [5.74, 6) is 1.98. The van der Waals surface area contributed by atoms with Crippen molar-refractivity contribution in [2.45, 2.75) is 45.3 Å². The third kappa shape index (κ3) is 4.62. The van der Waals surface area contributed by atoms with Gasteiger partial charge < -0.3 is 19.5 Å². The van der Waals surface area contributed by atoms with Crippen LogP contribution in [0.3, 0.4) is 0 Å².